The van der Waals surface area contributed by atoms with Crippen LogP contribution in [0.5, 0.6) is 0 Å². The van der Waals surface area contributed by atoms with Crippen molar-refractivity contribution >= 4 is 5.69 Å². The monoisotopic (exact) mass is 205 g/mol. The average Bonchev–Trinajstić information content (AvgIpc) is 2.15. The summed E-state index contributed by atoms with van der Waals surface area (Å²) in [5.74, 6) is 0. The van der Waals surface area contributed by atoms with Crippen molar-refractivity contribution in [2.24, 2.45) is 0 Å². The molecule has 1 aromatic rings. The van der Waals surface area contributed by atoms with Gasteiger partial charge in [-0.1, -0.05) is 45.9 Å². The molecule has 0 aromatic heterocycles. The van der Waals surface area contributed by atoms with Crippen molar-refractivity contribution in [1.29, 1.82) is 0 Å². The van der Waals surface area contributed by atoms with Crippen molar-refractivity contribution in [2.45, 2.75) is 39.5 Å². The predicted molar refractivity (Wildman–Crippen MR) is 68.8 cm³/mol. The maximum atomic E-state index is 2.27. The van der Waals surface area contributed by atoms with E-state index in [1.807, 2.05) is 0 Å². The minimum Gasteiger partial charge on any atom is -0.377 e. The molecule has 0 radical (unpaired) electrons. The Hall–Kier alpha value is -0.980. The first kappa shape index (κ1) is 12.1. The van der Waals surface area contributed by atoms with Crippen LogP contribution in [0.15, 0.2) is 18.2 Å². The second kappa shape index (κ2) is 4.26. The summed E-state index contributed by atoms with van der Waals surface area (Å²) in [7, 11) is 4.26. The van der Waals surface area contributed by atoms with Crippen LogP contribution in [0.1, 0.15) is 38.8 Å². The molecular formula is C14H23N. The van der Waals surface area contributed by atoms with Crippen LogP contribution < -0.4 is 4.90 Å². The fourth-order valence-corrected chi connectivity index (χ4v) is 2.01. The van der Waals surface area contributed by atoms with E-state index >= 15 is 0 Å². The van der Waals surface area contributed by atoms with Crippen LogP contribution in [0, 0.1) is 0 Å². The smallest absolute Gasteiger partial charge is 0.0431 e. The number of anilines is 1. The lowest BCUT2D eigenvalue weighted by Crippen LogP contribution is -2.20. The van der Waals surface area contributed by atoms with Gasteiger partial charge in [-0.15, -0.1) is 0 Å². The van der Waals surface area contributed by atoms with E-state index in [-0.39, 0.29) is 5.41 Å². The van der Waals surface area contributed by atoms with E-state index in [1.165, 1.54) is 16.8 Å². The lowest BCUT2D eigenvalue weighted by molar-refractivity contribution is 0.589. The first-order chi connectivity index (χ1) is 6.88. The maximum absolute atomic E-state index is 2.27. The first-order valence-electron chi connectivity index (χ1n) is 5.67. The van der Waals surface area contributed by atoms with Crippen molar-refractivity contribution in [2.75, 3.05) is 19.0 Å². The van der Waals surface area contributed by atoms with Gasteiger partial charge in [-0.25, -0.2) is 0 Å². The highest BCUT2D eigenvalue weighted by atomic mass is 15.1. The zero-order valence-corrected chi connectivity index (χ0v) is 10.9. The summed E-state index contributed by atoms with van der Waals surface area (Å²) in [5, 5.41) is 0. The normalized spacial score (nSPS) is 11.6. The third-order valence-electron chi connectivity index (χ3n) is 2.76. The highest BCUT2D eigenvalue weighted by molar-refractivity contribution is 5.61. The van der Waals surface area contributed by atoms with Gasteiger partial charge in [0.1, 0.15) is 0 Å². The van der Waals surface area contributed by atoms with E-state index in [0.29, 0.717) is 0 Å². The summed E-state index contributed by atoms with van der Waals surface area (Å²) >= 11 is 0. The van der Waals surface area contributed by atoms with Gasteiger partial charge in [0, 0.05) is 19.8 Å². The predicted octanol–water partition coefficient (Wildman–Crippen LogP) is 3.61. The minimum absolute atomic E-state index is 0.213. The Morgan fingerprint density at radius 2 is 1.73 bits per heavy atom. The van der Waals surface area contributed by atoms with E-state index < -0.39 is 0 Å². The van der Waals surface area contributed by atoms with Gasteiger partial charge >= 0.3 is 0 Å². The fourth-order valence-electron chi connectivity index (χ4n) is 2.01. The molecule has 0 aliphatic rings. The largest absolute Gasteiger partial charge is 0.377 e. The van der Waals surface area contributed by atoms with Gasteiger partial charge in [0.2, 0.25) is 0 Å². The Morgan fingerprint density at radius 1 is 1.13 bits per heavy atom. The van der Waals surface area contributed by atoms with Crippen molar-refractivity contribution in [3.63, 3.8) is 0 Å². The highest BCUT2D eigenvalue weighted by Gasteiger charge is 2.20. The number of rotatable bonds is 2. The van der Waals surface area contributed by atoms with Crippen LogP contribution in [0.4, 0.5) is 5.69 Å². The highest BCUT2D eigenvalue weighted by Crippen LogP contribution is 2.33. The Morgan fingerprint density at radius 3 is 2.13 bits per heavy atom. The molecule has 1 aromatic carbocycles. The van der Waals surface area contributed by atoms with E-state index in [9.17, 15) is 0 Å². The molecule has 0 amide bonds. The number of benzene rings is 1. The van der Waals surface area contributed by atoms with E-state index in [0.717, 1.165) is 6.42 Å². The minimum atomic E-state index is 0.213. The van der Waals surface area contributed by atoms with Crippen molar-refractivity contribution in [1.82, 2.24) is 0 Å². The van der Waals surface area contributed by atoms with Crippen molar-refractivity contribution < 1.29 is 0 Å². The molecule has 0 saturated heterocycles. The van der Waals surface area contributed by atoms with Crippen LogP contribution >= 0.6 is 0 Å². The van der Waals surface area contributed by atoms with Gasteiger partial charge in [-0.2, -0.15) is 0 Å². The number of hydrogen-bond acceptors (Lipinski definition) is 1. The summed E-state index contributed by atoms with van der Waals surface area (Å²) in [5.41, 5.74) is 4.48. The Labute approximate surface area is 94.1 Å². The maximum Gasteiger partial charge on any atom is 0.0431 e. The Balaban J connectivity index is 3.39. The quantitative estimate of drug-likeness (QED) is 0.713. The first-order valence-corrected chi connectivity index (χ1v) is 5.67. The Kier molecular flexibility index (Phi) is 3.43. The molecule has 0 aliphatic carbocycles. The van der Waals surface area contributed by atoms with Crippen molar-refractivity contribution in [3.05, 3.63) is 29.3 Å². The molecule has 0 aliphatic heterocycles. The van der Waals surface area contributed by atoms with Crippen LogP contribution in [-0.4, -0.2) is 14.1 Å². The number of nitrogens with zero attached hydrogens (tertiary/aromatic N) is 1. The third-order valence-corrected chi connectivity index (χ3v) is 2.76. The van der Waals surface area contributed by atoms with E-state index in [2.05, 4.69) is 64.9 Å². The fraction of sp³-hybridized carbons (Fsp3) is 0.571. The summed E-state index contributed by atoms with van der Waals surface area (Å²) in [4.78, 5) is 2.24. The standard InChI is InChI=1S/C14H23N/c1-7-11-9-8-10-12(14(2,3)4)13(11)15(5)6/h8-10H,7H2,1-6H3. The molecule has 0 saturated carbocycles. The number of aryl methyl sites for hydroxylation is 1. The second-order valence-electron chi connectivity index (χ2n) is 5.31. The van der Waals surface area contributed by atoms with E-state index in [1.54, 1.807) is 0 Å². The number of hydrogen-bond donors (Lipinski definition) is 0. The van der Waals surface area contributed by atoms with Gasteiger partial charge in [-0.05, 0) is 23.0 Å². The second-order valence-corrected chi connectivity index (χ2v) is 5.31. The third kappa shape index (κ3) is 2.53. The van der Waals surface area contributed by atoms with Crippen LogP contribution in [-0.2, 0) is 11.8 Å². The molecule has 1 nitrogen and oxygen atoms in total. The van der Waals surface area contributed by atoms with E-state index in [4.69, 9.17) is 0 Å². The molecule has 0 unspecified atom stereocenters. The molecule has 0 heterocycles. The molecule has 1 rings (SSSR count). The topological polar surface area (TPSA) is 3.24 Å². The molecule has 15 heavy (non-hydrogen) atoms. The average molecular weight is 205 g/mol. The zero-order valence-electron chi connectivity index (χ0n) is 10.9. The SMILES string of the molecule is CCc1cccc(C(C)(C)C)c1N(C)C. The molecule has 0 atom stereocenters. The molecule has 0 spiro atoms. The summed E-state index contributed by atoms with van der Waals surface area (Å²) in [6, 6.07) is 6.64. The molecule has 0 N–H and O–H groups in total. The lowest BCUT2D eigenvalue weighted by Gasteiger charge is -2.28. The van der Waals surface area contributed by atoms with Crippen LogP contribution in [0.25, 0.3) is 0 Å². The van der Waals surface area contributed by atoms with Gasteiger partial charge in [-0.3, -0.25) is 0 Å². The van der Waals surface area contributed by atoms with Gasteiger partial charge in [0.15, 0.2) is 0 Å². The molecule has 0 fully saturated rings. The van der Waals surface area contributed by atoms with Crippen LogP contribution in [0.3, 0.4) is 0 Å². The molecular weight excluding hydrogens is 182 g/mol. The molecule has 1 heteroatoms. The lowest BCUT2D eigenvalue weighted by atomic mass is 9.84. The Bertz CT molecular complexity index is 332. The van der Waals surface area contributed by atoms with Gasteiger partial charge in [0.05, 0.1) is 0 Å². The van der Waals surface area contributed by atoms with Gasteiger partial charge < -0.3 is 4.90 Å². The summed E-state index contributed by atoms with van der Waals surface area (Å²) in [6.45, 7) is 9.03. The van der Waals surface area contributed by atoms with Crippen molar-refractivity contribution in [3.8, 4) is 0 Å². The van der Waals surface area contributed by atoms with Crippen LogP contribution in [0.2, 0.25) is 0 Å². The molecule has 84 valence electrons. The van der Waals surface area contributed by atoms with Gasteiger partial charge in [0.25, 0.3) is 0 Å². The number of para-hydroxylation sites is 1. The summed E-state index contributed by atoms with van der Waals surface area (Å²) < 4.78 is 0. The zero-order chi connectivity index (χ0) is 11.6. The molecule has 0 bridgehead atoms. The summed E-state index contributed by atoms with van der Waals surface area (Å²) in [6.07, 6.45) is 1.09.